The van der Waals surface area contributed by atoms with Crippen molar-refractivity contribution >= 4 is 16.7 Å². The number of hydrogen-bond donors (Lipinski definition) is 3. The van der Waals surface area contributed by atoms with Crippen LogP contribution in [0.3, 0.4) is 0 Å². The van der Waals surface area contributed by atoms with Crippen molar-refractivity contribution < 1.29 is 24.1 Å². The molecule has 31 heavy (non-hydrogen) atoms. The van der Waals surface area contributed by atoms with Gasteiger partial charge in [0.25, 0.3) is 11.5 Å². The number of rotatable bonds is 3. The second kappa shape index (κ2) is 7.06. The van der Waals surface area contributed by atoms with Crippen molar-refractivity contribution in [2.24, 2.45) is 0 Å². The van der Waals surface area contributed by atoms with Gasteiger partial charge < -0.3 is 14.9 Å². The summed E-state index contributed by atoms with van der Waals surface area (Å²) in [5, 5.41) is 28.4. The molecule has 0 atom stereocenters. The van der Waals surface area contributed by atoms with Crippen LogP contribution in [0.4, 0.5) is 4.39 Å². The van der Waals surface area contributed by atoms with Gasteiger partial charge >= 0.3 is 0 Å². The summed E-state index contributed by atoms with van der Waals surface area (Å²) in [7, 11) is 0. The molecule has 0 bridgehead atoms. The number of ether oxygens (including phenoxy) is 1. The maximum atomic E-state index is 14.5. The molecule has 2 aromatic heterocycles. The third-order valence-corrected chi connectivity index (χ3v) is 5.43. The van der Waals surface area contributed by atoms with Crippen LogP contribution < -0.4 is 5.56 Å². The molecular formula is C22H16FN3O5. The van der Waals surface area contributed by atoms with Crippen LogP contribution >= 0.6 is 0 Å². The summed E-state index contributed by atoms with van der Waals surface area (Å²) in [4.78, 5) is 25.0. The van der Waals surface area contributed by atoms with E-state index in [2.05, 4.69) is 10.2 Å². The molecule has 156 valence electrons. The summed E-state index contributed by atoms with van der Waals surface area (Å²) in [5.41, 5.74) is 1.12. The molecule has 4 aromatic rings. The molecule has 5 rings (SSSR count). The van der Waals surface area contributed by atoms with Crippen molar-refractivity contribution in [3.05, 3.63) is 86.6 Å². The van der Waals surface area contributed by atoms with E-state index >= 15 is 0 Å². The number of nitrogens with one attached hydrogen (secondary N) is 1. The van der Waals surface area contributed by atoms with Gasteiger partial charge in [0.1, 0.15) is 5.82 Å². The Morgan fingerprint density at radius 2 is 1.77 bits per heavy atom. The normalized spacial score (nSPS) is 12.9. The van der Waals surface area contributed by atoms with Gasteiger partial charge in [-0.1, -0.05) is 24.3 Å². The molecule has 1 aliphatic rings. The number of H-pyrrole nitrogens is 1. The van der Waals surface area contributed by atoms with Crippen LogP contribution in [0.15, 0.2) is 47.3 Å². The zero-order valence-corrected chi connectivity index (χ0v) is 16.1. The van der Waals surface area contributed by atoms with E-state index in [0.29, 0.717) is 37.7 Å². The van der Waals surface area contributed by atoms with E-state index < -0.39 is 23.5 Å². The second-order valence-electron chi connectivity index (χ2n) is 7.27. The van der Waals surface area contributed by atoms with Crippen LogP contribution in [0.25, 0.3) is 10.8 Å². The first-order chi connectivity index (χ1) is 15.0. The van der Waals surface area contributed by atoms with Crippen LogP contribution in [-0.2, 0) is 24.4 Å². The molecule has 0 radical (unpaired) electrons. The first-order valence-corrected chi connectivity index (χ1v) is 9.47. The summed E-state index contributed by atoms with van der Waals surface area (Å²) >= 11 is 0. The summed E-state index contributed by atoms with van der Waals surface area (Å²) < 4.78 is 20.4. The van der Waals surface area contributed by atoms with Gasteiger partial charge in [0.15, 0.2) is 0 Å². The lowest BCUT2D eigenvalue weighted by molar-refractivity contribution is 0.0928. The van der Waals surface area contributed by atoms with Crippen molar-refractivity contribution in [2.75, 3.05) is 0 Å². The number of benzene rings is 2. The third kappa shape index (κ3) is 2.98. The van der Waals surface area contributed by atoms with Gasteiger partial charge in [-0.25, -0.2) is 14.1 Å². The molecule has 0 saturated heterocycles. The number of carbonyl (C=O) groups excluding carboxylic acids is 1. The van der Waals surface area contributed by atoms with Crippen molar-refractivity contribution in [1.82, 2.24) is 14.8 Å². The number of nitrogens with zero attached hydrogens (tertiary/aromatic N) is 2. The number of hydrogen-bond acceptors (Lipinski definition) is 6. The van der Waals surface area contributed by atoms with Gasteiger partial charge in [-0.2, -0.15) is 5.10 Å². The Kier molecular flexibility index (Phi) is 4.33. The van der Waals surface area contributed by atoms with Crippen molar-refractivity contribution in [2.45, 2.75) is 19.6 Å². The van der Waals surface area contributed by atoms with E-state index in [1.807, 2.05) is 0 Å². The summed E-state index contributed by atoms with van der Waals surface area (Å²) in [5.74, 6) is -2.62. The van der Waals surface area contributed by atoms with Gasteiger partial charge in [0.05, 0.1) is 29.9 Å². The Hall–Kier alpha value is -3.98. The molecule has 0 saturated carbocycles. The molecule has 3 N–H and O–H groups in total. The summed E-state index contributed by atoms with van der Waals surface area (Å²) in [6, 6.07) is 11.0. The van der Waals surface area contributed by atoms with E-state index in [0.717, 1.165) is 6.07 Å². The molecular weight excluding hydrogens is 405 g/mol. The SMILES string of the molecule is O=C(c1cc(Cc2n[nH]c(=O)c3ccccc23)ccc1F)n1c(O)c2c(c1O)COC2. The number of halogens is 1. The van der Waals surface area contributed by atoms with Crippen LogP contribution in [0.2, 0.25) is 0 Å². The Bertz CT molecular complexity index is 1400. The topological polar surface area (TPSA) is 117 Å². The average molecular weight is 421 g/mol. The predicted molar refractivity (Wildman–Crippen MR) is 108 cm³/mol. The number of aromatic hydroxyl groups is 2. The van der Waals surface area contributed by atoms with E-state index in [9.17, 15) is 24.2 Å². The highest BCUT2D eigenvalue weighted by atomic mass is 19.1. The van der Waals surface area contributed by atoms with Crippen LogP contribution in [0.1, 0.15) is 32.7 Å². The first kappa shape index (κ1) is 19.0. The fraction of sp³-hybridized carbons (Fsp3) is 0.136. The van der Waals surface area contributed by atoms with Gasteiger partial charge in [0, 0.05) is 22.9 Å². The van der Waals surface area contributed by atoms with Gasteiger partial charge in [-0.3, -0.25) is 9.59 Å². The molecule has 0 aliphatic carbocycles. The molecule has 0 fully saturated rings. The predicted octanol–water partition coefficient (Wildman–Crippen LogP) is 2.58. The fourth-order valence-electron chi connectivity index (χ4n) is 3.86. The third-order valence-electron chi connectivity index (χ3n) is 5.43. The van der Waals surface area contributed by atoms with Crippen molar-refractivity contribution in [3.63, 3.8) is 0 Å². The Morgan fingerprint density at radius 1 is 1.10 bits per heavy atom. The van der Waals surface area contributed by atoms with Crippen molar-refractivity contribution in [1.29, 1.82) is 0 Å². The second-order valence-corrected chi connectivity index (χ2v) is 7.27. The van der Waals surface area contributed by atoms with E-state index in [4.69, 9.17) is 4.74 Å². The molecule has 0 spiro atoms. The number of aromatic amines is 1. The molecule has 9 heteroatoms. The number of aromatic nitrogens is 3. The summed E-state index contributed by atoms with van der Waals surface area (Å²) in [6.07, 6.45) is 0.228. The van der Waals surface area contributed by atoms with Crippen molar-refractivity contribution in [3.8, 4) is 11.8 Å². The fourth-order valence-corrected chi connectivity index (χ4v) is 3.86. The Morgan fingerprint density at radius 3 is 2.48 bits per heavy atom. The Balaban J connectivity index is 1.55. The molecule has 2 aromatic carbocycles. The quantitative estimate of drug-likeness (QED) is 0.468. The highest BCUT2D eigenvalue weighted by Gasteiger charge is 2.31. The van der Waals surface area contributed by atoms with E-state index in [-0.39, 0.29) is 30.8 Å². The summed E-state index contributed by atoms with van der Waals surface area (Å²) in [6.45, 7) is 0.116. The minimum absolute atomic E-state index is 0.0580. The average Bonchev–Trinajstić information content (AvgIpc) is 3.35. The smallest absolute Gasteiger partial charge is 0.272 e. The first-order valence-electron chi connectivity index (χ1n) is 9.47. The maximum absolute atomic E-state index is 14.5. The molecule has 0 amide bonds. The van der Waals surface area contributed by atoms with Crippen LogP contribution in [0, 0.1) is 5.82 Å². The molecule has 0 unspecified atom stereocenters. The monoisotopic (exact) mass is 421 g/mol. The Labute approximate surface area is 174 Å². The van der Waals surface area contributed by atoms with E-state index in [1.54, 1.807) is 24.3 Å². The zero-order valence-electron chi connectivity index (χ0n) is 16.1. The van der Waals surface area contributed by atoms with Gasteiger partial charge in [0.2, 0.25) is 11.8 Å². The van der Waals surface area contributed by atoms with Gasteiger partial charge in [-0.05, 0) is 23.8 Å². The molecule has 8 nitrogen and oxygen atoms in total. The zero-order chi connectivity index (χ0) is 21.7. The molecule has 1 aliphatic heterocycles. The lowest BCUT2D eigenvalue weighted by atomic mass is 10.0. The minimum atomic E-state index is -0.900. The number of carbonyl (C=O) groups is 1. The van der Waals surface area contributed by atoms with E-state index in [1.165, 1.54) is 12.1 Å². The standard InChI is InChI=1S/C22H16FN3O5/c23-17-6-5-11(8-18-12-3-1-2-4-13(12)19(27)25-24-18)7-14(17)20(28)26-21(29)15-9-31-10-16(15)22(26)30/h1-7,29-30H,8-10H2,(H,25,27). The lowest BCUT2D eigenvalue weighted by Crippen LogP contribution is -2.15. The van der Waals surface area contributed by atoms with Crippen LogP contribution in [-0.4, -0.2) is 30.9 Å². The highest BCUT2D eigenvalue weighted by molar-refractivity contribution is 5.99. The molecule has 3 heterocycles. The maximum Gasteiger partial charge on any atom is 0.272 e. The largest absolute Gasteiger partial charge is 0.494 e. The minimum Gasteiger partial charge on any atom is -0.494 e. The number of fused-ring (bicyclic) bond motifs is 2. The highest BCUT2D eigenvalue weighted by Crippen LogP contribution is 2.39. The lowest BCUT2D eigenvalue weighted by Gasteiger charge is -2.10. The van der Waals surface area contributed by atoms with Gasteiger partial charge in [-0.15, -0.1) is 0 Å². The van der Waals surface area contributed by atoms with Crippen LogP contribution in [0.5, 0.6) is 11.8 Å².